The highest BCUT2D eigenvalue weighted by molar-refractivity contribution is 7.89. The lowest BCUT2D eigenvalue weighted by molar-refractivity contribution is 0.0600. The molecule has 1 fully saturated rings. The maximum Gasteiger partial charge on any atom is 0.337 e. The van der Waals surface area contributed by atoms with Crippen LogP contribution >= 0.6 is 11.6 Å². The van der Waals surface area contributed by atoms with Crippen LogP contribution in [0.1, 0.15) is 16.8 Å². The highest BCUT2D eigenvalue weighted by atomic mass is 35.5. The van der Waals surface area contributed by atoms with Crippen LogP contribution in [0.25, 0.3) is 0 Å². The number of benzene rings is 1. The fourth-order valence-corrected chi connectivity index (χ4v) is 4.01. The van der Waals surface area contributed by atoms with Gasteiger partial charge in [-0.05, 0) is 24.6 Å². The smallest absolute Gasteiger partial charge is 0.337 e. The van der Waals surface area contributed by atoms with Gasteiger partial charge >= 0.3 is 5.97 Å². The molecule has 0 saturated carbocycles. The molecule has 0 amide bonds. The van der Waals surface area contributed by atoms with Gasteiger partial charge in [-0.2, -0.15) is 4.31 Å². The number of β-amino-alcohol motifs (C(OH)–C–C–N with tert-alkyl or cyclic N) is 1. The minimum Gasteiger partial charge on any atom is -0.465 e. The fourth-order valence-electron chi connectivity index (χ4n) is 2.01. The summed E-state index contributed by atoms with van der Waals surface area (Å²) in [5.74, 6) is -0.639. The molecular formula is C12H14ClNO5S. The van der Waals surface area contributed by atoms with Gasteiger partial charge in [-0.1, -0.05) is 11.6 Å². The number of rotatable bonds is 3. The van der Waals surface area contributed by atoms with Gasteiger partial charge in [0.2, 0.25) is 10.0 Å². The second-order valence-corrected chi connectivity index (χ2v) is 6.76. The third-order valence-electron chi connectivity index (χ3n) is 3.10. The number of ether oxygens (including phenoxy) is 1. The van der Waals surface area contributed by atoms with Crippen LogP contribution in [0.2, 0.25) is 5.02 Å². The Morgan fingerprint density at radius 1 is 1.50 bits per heavy atom. The average molecular weight is 320 g/mol. The van der Waals surface area contributed by atoms with Crippen LogP contribution < -0.4 is 0 Å². The summed E-state index contributed by atoms with van der Waals surface area (Å²) in [6.45, 7) is 0.253. The number of halogens is 1. The standard InChI is InChI=1S/C12H14ClNO5S/c1-19-12(16)8-2-3-10(13)11(6-8)20(17,18)14-5-4-9(15)7-14/h2-3,6,9,15H,4-5,7H2,1H3/t9-/m0/s1. The number of nitrogens with zero attached hydrogens (tertiary/aromatic N) is 1. The van der Waals surface area contributed by atoms with Crippen LogP contribution in [0.4, 0.5) is 0 Å². The number of aliphatic hydroxyl groups excluding tert-OH is 1. The number of methoxy groups -OCH3 is 1. The Hall–Kier alpha value is -1.15. The van der Waals surface area contributed by atoms with E-state index in [2.05, 4.69) is 4.74 Å². The van der Waals surface area contributed by atoms with Gasteiger partial charge in [-0.15, -0.1) is 0 Å². The maximum absolute atomic E-state index is 12.4. The first-order chi connectivity index (χ1) is 9.36. The molecule has 0 spiro atoms. The number of hydrogen-bond donors (Lipinski definition) is 1. The summed E-state index contributed by atoms with van der Waals surface area (Å²) < 4.78 is 30.6. The van der Waals surface area contributed by atoms with Crippen LogP contribution in [-0.4, -0.2) is 50.1 Å². The first kappa shape index (κ1) is 15.2. The Bertz CT molecular complexity index is 631. The van der Waals surface area contributed by atoms with Crippen molar-refractivity contribution in [3.8, 4) is 0 Å². The van der Waals surface area contributed by atoms with Crippen molar-refractivity contribution in [2.24, 2.45) is 0 Å². The lowest BCUT2D eigenvalue weighted by Gasteiger charge is -2.17. The van der Waals surface area contributed by atoms with Crippen molar-refractivity contribution in [3.63, 3.8) is 0 Å². The average Bonchev–Trinajstić information content (AvgIpc) is 2.85. The maximum atomic E-state index is 12.4. The lowest BCUT2D eigenvalue weighted by atomic mass is 10.2. The van der Waals surface area contributed by atoms with Gasteiger partial charge in [0.05, 0.1) is 23.8 Å². The Balaban J connectivity index is 2.43. The summed E-state index contributed by atoms with van der Waals surface area (Å²) in [5, 5.41) is 9.47. The third-order valence-corrected chi connectivity index (χ3v) is 5.44. The molecule has 0 bridgehead atoms. The molecule has 20 heavy (non-hydrogen) atoms. The molecule has 1 aliphatic heterocycles. The Labute approximate surface area is 122 Å². The Morgan fingerprint density at radius 2 is 2.20 bits per heavy atom. The molecule has 1 atom stereocenters. The number of hydrogen-bond acceptors (Lipinski definition) is 5. The minimum absolute atomic E-state index is 0.0269. The van der Waals surface area contributed by atoms with Gasteiger partial charge in [0.15, 0.2) is 0 Å². The summed E-state index contributed by atoms with van der Waals surface area (Å²) in [5.41, 5.74) is 0.107. The van der Waals surface area contributed by atoms with E-state index in [4.69, 9.17) is 11.6 Å². The minimum atomic E-state index is -3.83. The molecule has 0 aromatic heterocycles. The summed E-state index contributed by atoms with van der Waals surface area (Å²) in [6.07, 6.45) is -0.291. The zero-order valence-electron chi connectivity index (χ0n) is 10.7. The van der Waals surface area contributed by atoms with E-state index in [0.717, 1.165) is 4.31 Å². The van der Waals surface area contributed by atoms with Gasteiger partial charge in [0.1, 0.15) is 4.90 Å². The van der Waals surface area contributed by atoms with Crippen LogP contribution in [0.15, 0.2) is 23.1 Å². The molecule has 1 saturated heterocycles. The molecule has 0 unspecified atom stereocenters. The molecule has 0 radical (unpaired) electrons. The van der Waals surface area contributed by atoms with Crippen molar-refractivity contribution >= 4 is 27.6 Å². The first-order valence-corrected chi connectivity index (χ1v) is 7.74. The fraction of sp³-hybridized carbons (Fsp3) is 0.417. The number of esters is 1. The van der Waals surface area contributed by atoms with Crippen molar-refractivity contribution in [2.75, 3.05) is 20.2 Å². The second-order valence-electron chi connectivity index (χ2n) is 4.44. The van der Waals surface area contributed by atoms with E-state index in [-0.39, 0.29) is 28.6 Å². The lowest BCUT2D eigenvalue weighted by Crippen LogP contribution is -2.30. The SMILES string of the molecule is COC(=O)c1ccc(Cl)c(S(=O)(=O)N2CC[C@H](O)C2)c1. The third kappa shape index (κ3) is 2.80. The van der Waals surface area contributed by atoms with Crippen molar-refractivity contribution in [1.82, 2.24) is 4.31 Å². The van der Waals surface area contributed by atoms with E-state index in [1.807, 2.05) is 0 Å². The van der Waals surface area contributed by atoms with Crippen LogP contribution in [0.5, 0.6) is 0 Å². The molecule has 6 nitrogen and oxygen atoms in total. The molecule has 110 valence electrons. The zero-order valence-corrected chi connectivity index (χ0v) is 12.3. The summed E-state index contributed by atoms with van der Waals surface area (Å²) in [4.78, 5) is 11.3. The molecule has 0 aliphatic carbocycles. The number of carbonyl (C=O) groups excluding carboxylic acids is 1. The van der Waals surface area contributed by atoms with Crippen LogP contribution in [-0.2, 0) is 14.8 Å². The van der Waals surface area contributed by atoms with Crippen molar-refractivity contribution in [2.45, 2.75) is 17.4 Å². The normalized spacial score (nSPS) is 20.1. The molecule has 8 heteroatoms. The van der Waals surface area contributed by atoms with Gasteiger partial charge < -0.3 is 9.84 Å². The first-order valence-electron chi connectivity index (χ1n) is 5.92. The van der Waals surface area contributed by atoms with E-state index in [9.17, 15) is 18.3 Å². The topological polar surface area (TPSA) is 83.9 Å². The molecule has 2 rings (SSSR count). The number of carbonyl (C=O) groups is 1. The summed E-state index contributed by atoms with van der Waals surface area (Å²) in [7, 11) is -2.62. The Kier molecular flexibility index (Phi) is 4.33. The summed E-state index contributed by atoms with van der Waals surface area (Å²) >= 11 is 5.92. The number of aliphatic hydroxyl groups is 1. The van der Waals surface area contributed by atoms with Crippen LogP contribution in [0.3, 0.4) is 0 Å². The van der Waals surface area contributed by atoms with Gasteiger partial charge in [-0.3, -0.25) is 0 Å². The quantitative estimate of drug-likeness (QED) is 0.836. The Morgan fingerprint density at radius 3 is 2.75 bits per heavy atom. The van der Waals surface area contributed by atoms with E-state index >= 15 is 0 Å². The predicted octanol–water partition coefficient (Wildman–Crippen LogP) is 0.882. The molecular weight excluding hydrogens is 306 g/mol. The molecule has 1 heterocycles. The van der Waals surface area contributed by atoms with Crippen LogP contribution in [0, 0.1) is 0 Å². The van der Waals surface area contributed by atoms with Crippen molar-refractivity contribution in [1.29, 1.82) is 0 Å². The molecule has 1 aliphatic rings. The monoisotopic (exact) mass is 319 g/mol. The second kappa shape index (κ2) is 5.69. The van der Waals surface area contributed by atoms with E-state index in [1.54, 1.807) is 0 Å². The highest BCUT2D eigenvalue weighted by Gasteiger charge is 2.33. The van der Waals surface area contributed by atoms with Gasteiger partial charge in [0, 0.05) is 13.1 Å². The van der Waals surface area contributed by atoms with Crippen molar-refractivity contribution < 1.29 is 23.1 Å². The number of sulfonamides is 1. The van der Waals surface area contributed by atoms with E-state index in [1.165, 1.54) is 25.3 Å². The molecule has 1 aromatic carbocycles. The zero-order chi connectivity index (χ0) is 14.9. The van der Waals surface area contributed by atoms with E-state index < -0.39 is 22.1 Å². The largest absolute Gasteiger partial charge is 0.465 e. The van der Waals surface area contributed by atoms with Crippen molar-refractivity contribution in [3.05, 3.63) is 28.8 Å². The highest BCUT2D eigenvalue weighted by Crippen LogP contribution is 2.28. The van der Waals surface area contributed by atoms with E-state index in [0.29, 0.717) is 6.42 Å². The summed E-state index contributed by atoms with van der Waals surface area (Å²) in [6, 6.07) is 3.92. The molecule has 1 N–H and O–H groups in total. The molecule has 1 aromatic rings. The van der Waals surface area contributed by atoms with Gasteiger partial charge in [0.25, 0.3) is 0 Å². The predicted molar refractivity (Wildman–Crippen MR) is 72.2 cm³/mol. The van der Waals surface area contributed by atoms with Gasteiger partial charge in [-0.25, -0.2) is 13.2 Å².